The quantitative estimate of drug-likeness (QED) is 0.304. The lowest BCUT2D eigenvalue weighted by Crippen LogP contribution is -2.54. The zero-order valence-corrected chi connectivity index (χ0v) is 24.6. The van der Waals surface area contributed by atoms with Crippen LogP contribution >= 0.6 is 11.6 Å². The van der Waals surface area contributed by atoms with Gasteiger partial charge in [-0.05, 0) is 49.4 Å². The summed E-state index contributed by atoms with van der Waals surface area (Å²) in [5.74, 6) is -3.93. The first kappa shape index (κ1) is 32.5. The fraction of sp³-hybridized carbons (Fsp3) is 0.500. The molecule has 1 atom stereocenters. The first-order valence-corrected chi connectivity index (χ1v) is 14.4. The number of carbonyl (C=O) groups excluding carboxylic acids is 2. The largest absolute Gasteiger partial charge is 0.390 e. The Labute approximate surface area is 252 Å². The van der Waals surface area contributed by atoms with Crippen molar-refractivity contribution in [1.29, 1.82) is 5.26 Å². The maximum absolute atomic E-state index is 15.0. The Kier molecular flexibility index (Phi) is 9.86. The Morgan fingerprint density at radius 2 is 1.86 bits per heavy atom. The third kappa shape index (κ3) is 7.95. The van der Waals surface area contributed by atoms with Crippen molar-refractivity contribution < 1.29 is 31.5 Å². The molecule has 2 fully saturated rings. The molecule has 1 saturated heterocycles. The van der Waals surface area contributed by atoms with Crippen molar-refractivity contribution in [1.82, 2.24) is 10.2 Å². The van der Waals surface area contributed by atoms with Crippen LogP contribution in [0.4, 0.5) is 33.3 Å². The Bertz CT molecular complexity index is 1410. The molecular formula is C30H33ClF5N5O2. The highest BCUT2D eigenvalue weighted by Gasteiger charge is 2.50. The first-order valence-electron chi connectivity index (χ1n) is 14.1. The lowest BCUT2D eigenvalue weighted by molar-refractivity contribution is -0.139. The van der Waals surface area contributed by atoms with Crippen molar-refractivity contribution in [2.45, 2.75) is 58.3 Å². The van der Waals surface area contributed by atoms with Gasteiger partial charge in [0.25, 0.3) is 5.91 Å². The monoisotopic (exact) mass is 625 g/mol. The lowest BCUT2D eigenvalue weighted by Gasteiger charge is -2.43. The summed E-state index contributed by atoms with van der Waals surface area (Å²) in [7, 11) is 0. The second kappa shape index (κ2) is 13.1. The molecule has 2 aromatic carbocycles. The van der Waals surface area contributed by atoms with Gasteiger partial charge in [-0.25, -0.2) is 8.78 Å². The SMILES string of the molecule is CC(C)C[C@H]1CN(c2cc(Cl)ccc2NC(=O)c2ccc(CNC(=O)C3(C#N)CC3)c(F)c2F)CCN1CCC(F)(F)F. The molecule has 0 bridgehead atoms. The number of benzene rings is 2. The summed E-state index contributed by atoms with van der Waals surface area (Å²) in [6, 6.07) is 8.73. The number of amides is 2. The molecule has 2 amide bonds. The summed E-state index contributed by atoms with van der Waals surface area (Å²) in [4.78, 5) is 29.1. The Hall–Kier alpha value is -3.43. The highest BCUT2D eigenvalue weighted by atomic mass is 35.5. The average molecular weight is 626 g/mol. The second-order valence-corrected chi connectivity index (χ2v) is 12.0. The van der Waals surface area contributed by atoms with Crippen molar-refractivity contribution in [3.63, 3.8) is 0 Å². The number of piperazine rings is 1. The lowest BCUT2D eigenvalue weighted by atomic mass is 9.99. The van der Waals surface area contributed by atoms with Crippen LogP contribution in [0.2, 0.25) is 5.02 Å². The predicted octanol–water partition coefficient (Wildman–Crippen LogP) is 6.28. The number of rotatable bonds is 10. The molecule has 0 aromatic heterocycles. The van der Waals surface area contributed by atoms with Crippen LogP contribution in [0.5, 0.6) is 0 Å². The van der Waals surface area contributed by atoms with E-state index in [0.29, 0.717) is 49.6 Å². The molecule has 0 spiro atoms. The summed E-state index contributed by atoms with van der Waals surface area (Å²) in [6.07, 6.45) is -3.70. The van der Waals surface area contributed by atoms with E-state index in [9.17, 15) is 27.2 Å². The van der Waals surface area contributed by atoms with Crippen molar-refractivity contribution in [2.75, 3.05) is 36.4 Å². The summed E-state index contributed by atoms with van der Waals surface area (Å²) >= 11 is 6.26. The molecule has 0 radical (unpaired) electrons. The van der Waals surface area contributed by atoms with E-state index in [1.165, 1.54) is 18.2 Å². The van der Waals surface area contributed by atoms with E-state index in [4.69, 9.17) is 16.9 Å². The van der Waals surface area contributed by atoms with E-state index in [0.717, 1.165) is 6.07 Å². The smallest absolute Gasteiger partial charge is 0.367 e. The van der Waals surface area contributed by atoms with Gasteiger partial charge in [0.05, 0.1) is 29.4 Å². The number of anilines is 2. The molecule has 2 aliphatic rings. The molecule has 7 nitrogen and oxygen atoms in total. The minimum absolute atomic E-state index is 0.114. The summed E-state index contributed by atoms with van der Waals surface area (Å²) in [5.41, 5.74) is -1.06. The van der Waals surface area contributed by atoms with Crippen LogP contribution in [-0.4, -0.2) is 55.1 Å². The Balaban J connectivity index is 1.49. The standard InChI is InChI=1S/C30H33ClF5N5O2/c1-18(2)13-21-16-41(12-11-40(21)10-9-30(34,35)36)24-14-20(31)4-6-23(24)39-27(42)22-5-3-19(25(32)26(22)33)15-38-28(43)29(17-37)7-8-29/h3-6,14,18,21H,7-13,15-16H2,1-2H3,(H,38,43)(H,39,42)/t21-/m0/s1. The van der Waals surface area contributed by atoms with Crippen molar-refractivity contribution in [3.05, 3.63) is 58.1 Å². The number of carbonyl (C=O) groups is 2. The molecule has 1 aliphatic heterocycles. The minimum Gasteiger partial charge on any atom is -0.367 e. The third-order valence-electron chi connectivity index (χ3n) is 7.82. The number of nitriles is 1. The molecule has 232 valence electrons. The van der Waals surface area contributed by atoms with Gasteiger partial charge in [0.15, 0.2) is 11.6 Å². The minimum atomic E-state index is -4.26. The van der Waals surface area contributed by atoms with Crippen LogP contribution in [0.1, 0.15) is 55.5 Å². The van der Waals surface area contributed by atoms with Gasteiger partial charge in [0.2, 0.25) is 5.91 Å². The third-order valence-corrected chi connectivity index (χ3v) is 8.06. The van der Waals surface area contributed by atoms with Gasteiger partial charge in [0.1, 0.15) is 5.41 Å². The van der Waals surface area contributed by atoms with Crippen molar-refractivity contribution in [3.8, 4) is 6.07 Å². The van der Waals surface area contributed by atoms with Crippen LogP contribution in [-0.2, 0) is 11.3 Å². The Morgan fingerprint density at radius 3 is 2.49 bits per heavy atom. The van der Waals surface area contributed by atoms with Gasteiger partial charge in [-0.15, -0.1) is 0 Å². The van der Waals surface area contributed by atoms with Gasteiger partial charge >= 0.3 is 6.18 Å². The van der Waals surface area contributed by atoms with Crippen LogP contribution in [0, 0.1) is 34.3 Å². The molecule has 2 N–H and O–H groups in total. The van der Waals surface area contributed by atoms with E-state index in [1.807, 2.05) is 29.7 Å². The van der Waals surface area contributed by atoms with Crippen molar-refractivity contribution >= 4 is 34.8 Å². The molecule has 2 aromatic rings. The second-order valence-electron chi connectivity index (χ2n) is 11.5. The summed E-state index contributed by atoms with van der Waals surface area (Å²) in [5, 5.41) is 14.6. The topological polar surface area (TPSA) is 88.5 Å². The maximum atomic E-state index is 15.0. The van der Waals surface area contributed by atoms with Gasteiger partial charge in [-0.2, -0.15) is 18.4 Å². The number of hydrogen-bond donors (Lipinski definition) is 2. The number of halogens is 6. The molecule has 1 aliphatic carbocycles. The van der Waals surface area contributed by atoms with E-state index in [2.05, 4.69) is 10.6 Å². The number of nitrogens with zero attached hydrogens (tertiary/aromatic N) is 3. The number of hydrogen-bond acceptors (Lipinski definition) is 5. The average Bonchev–Trinajstić information content (AvgIpc) is 3.74. The zero-order chi connectivity index (χ0) is 31.5. The van der Waals surface area contributed by atoms with Crippen LogP contribution in [0.15, 0.2) is 30.3 Å². The van der Waals surface area contributed by atoms with Crippen LogP contribution in [0.25, 0.3) is 0 Å². The highest BCUT2D eigenvalue weighted by Crippen LogP contribution is 2.45. The van der Waals surface area contributed by atoms with E-state index in [-0.39, 0.29) is 36.3 Å². The predicted molar refractivity (Wildman–Crippen MR) is 153 cm³/mol. The fourth-order valence-electron chi connectivity index (χ4n) is 5.27. The van der Waals surface area contributed by atoms with Gasteiger partial charge in [0, 0.05) is 49.4 Å². The molecule has 43 heavy (non-hydrogen) atoms. The molecule has 0 unspecified atom stereocenters. The number of alkyl halides is 3. The van der Waals surface area contributed by atoms with E-state index in [1.54, 1.807) is 6.07 Å². The normalized spacial score (nSPS) is 18.3. The van der Waals surface area contributed by atoms with Crippen LogP contribution < -0.4 is 15.5 Å². The van der Waals surface area contributed by atoms with Gasteiger partial charge < -0.3 is 15.5 Å². The summed E-state index contributed by atoms with van der Waals surface area (Å²) < 4.78 is 68.7. The first-order chi connectivity index (χ1) is 20.2. The molecular weight excluding hydrogens is 593 g/mol. The maximum Gasteiger partial charge on any atom is 0.390 e. The molecule has 1 heterocycles. The van der Waals surface area contributed by atoms with Crippen LogP contribution in [0.3, 0.4) is 0 Å². The molecule has 4 rings (SSSR count). The Morgan fingerprint density at radius 1 is 1.14 bits per heavy atom. The van der Waals surface area contributed by atoms with Gasteiger partial charge in [-0.1, -0.05) is 31.5 Å². The number of nitrogens with one attached hydrogen (secondary N) is 2. The van der Waals surface area contributed by atoms with Gasteiger partial charge in [-0.3, -0.25) is 14.5 Å². The molecule has 1 saturated carbocycles. The highest BCUT2D eigenvalue weighted by molar-refractivity contribution is 6.31. The zero-order valence-electron chi connectivity index (χ0n) is 23.8. The van der Waals surface area contributed by atoms with E-state index < -0.39 is 47.0 Å². The van der Waals surface area contributed by atoms with E-state index >= 15 is 4.39 Å². The van der Waals surface area contributed by atoms with Crippen molar-refractivity contribution in [2.24, 2.45) is 11.3 Å². The fourth-order valence-corrected chi connectivity index (χ4v) is 5.43. The molecule has 13 heteroatoms. The summed E-state index contributed by atoms with van der Waals surface area (Å²) in [6.45, 7) is 4.64.